The first-order valence-electron chi connectivity index (χ1n) is 12.7. The van der Waals surface area contributed by atoms with Gasteiger partial charge in [-0.3, -0.25) is 13.3 Å². The fraction of sp³-hybridized carbons (Fsp3) is 0.100. The Labute approximate surface area is 244 Å². The monoisotopic (exact) mass is 584 g/mol. The molecule has 0 saturated carbocycles. The molecule has 0 saturated heterocycles. The summed E-state index contributed by atoms with van der Waals surface area (Å²) in [5.74, 6) is 1.37. The SMILES string of the molecule is COc1cc(Nc2nc3ccccc3nc2N(c2cccc(NC(=O)COc3ccccc3)c2)S(=O)[O-])cc(OC)c1. The average molecular weight is 585 g/mol. The Kier molecular flexibility index (Phi) is 8.75. The Morgan fingerprint density at radius 3 is 2.14 bits per heavy atom. The van der Waals surface area contributed by atoms with Crippen molar-refractivity contribution in [3.05, 3.63) is 97.1 Å². The number of nitrogens with one attached hydrogen (secondary N) is 2. The van der Waals surface area contributed by atoms with Gasteiger partial charge in [-0.05, 0) is 42.5 Å². The van der Waals surface area contributed by atoms with E-state index < -0.39 is 17.2 Å². The molecule has 1 unspecified atom stereocenters. The molecule has 0 aliphatic carbocycles. The molecule has 2 N–H and O–H groups in total. The van der Waals surface area contributed by atoms with E-state index in [1.54, 1.807) is 78.9 Å². The zero-order chi connectivity index (χ0) is 29.5. The number of rotatable bonds is 11. The third-order valence-corrected chi connectivity index (χ3v) is 6.67. The fourth-order valence-electron chi connectivity index (χ4n) is 4.08. The maximum absolute atomic E-state index is 12.7. The van der Waals surface area contributed by atoms with Gasteiger partial charge in [-0.25, -0.2) is 9.97 Å². The molecule has 0 fully saturated rings. The first-order valence-corrected chi connectivity index (χ1v) is 13.7. The number of carbonyl (C=O) groups is 1. The van der Waals surface area contributed by atoms with Crippen LogP contribution in [0.15, 0.2) is 97.1 Å². The van der Waals surface area contributed by atoms with Crippen molar-refractivity contribution in [2.45, 2.75) is 0 Å². The second-order valence-electron chi connectivity index (χ2n) is 8.82. The van der Waals surface area contributed by atoms with Crippen LogP contribution >= 0.6 is 0 Å². The average Bonchev–Trinajstić information content (AvgIpc) is 3.00. The zero-order valence-electron chi connectivity index (χ0n) is 22.6. The second-order valence-corrected chi connectivity index (χ2v) is 9.62. The number of carbonyl (C=O) groups excluding carboxylic acids is 1. The lowest BCUT2D eigenvalue weighted by Gasteiger charge is -2.27. The van der Waals surface area contributed by atoms with E-state index in [1.807, 2.05) is 12.1 Å². The van der Waals surface area contributed by atoms with Crippen molar-refractivity contribution in [2.24, 2.45) is 0 Å². The third kappa shape index (κ3) is 6.74. The van der Waals surface area contributed by atoms with E-state index in [9.17, 15) is 13.6 Å². The number of hydrogen-bond donors (Lipinski definition) is 2. The Balaban J connectivity index is 1.49. The van der Waals surface area contributed by atoms with E-state index in [0.29, 0.717) is 39.7 Å². The quantitative estimate of drug-likeness (QED) is 0.197. The van der Waals surface area contributed by atoms with E-state index in [0.717, 1.165) is 4.31 Å². The molecular weight excluding hydrogens is 558 g/mol. The molecule has 1 aromatic heterocycles. The van der Waals surface area contributed by atoms with Gasteiger partial charge in [0.25, 0.3) is 5.91 Å². The number of para-hydroxylation sites is 3. The number of anilines is 5. The molecule has 12 heteroatoms. The molecule has 1 heterocycles. The molecule has 5 rings (SSSR count). The highest BCUT2D eigenvalue weighted by Crippen LogP contribution is 2.36. The van der Waals surface area contributed by atoms with Gasteiger partial charge in [0.05, 0.1) is 42.2 Å². The number of fused-ring (bicyclic) bond motifs is 1. The van der Waals surface area contributed by atoms with E-state index in [2.05, 4.69) is 20.6 Å². The topological polar surface area (TPSA) is 138 Å². The number of aromatic nitrogens is 2. The van der Waals surface area contributed by atoms with Crippen LogP contribution < -0.4 is 29.1 Å². The highest BCUT2D eigenvalue weighted by atomic mass is 32.2. The molecule has 11 nitrogen and oxygen atoms in total. The van der Waals surface area contributed by atoms with Gasteiger partial charge < -0.3 is 29.4 Å². The first kappa shape index (κ1) is 28.3. The van der Waals surface area contributed by atoms with E-state index in [-0.39, 0.29) is 23.9 Å². The number of methoxy groups -OCH3 is 2. The van der Waals surface area contributed by atoms with Crippen molar-refractivity contribution in [2.75, 3.05) is 35.8 Å². The van der Waals surface area contributed by atoms with E-state index >= 15 is 0 Å². The van der Waals surface area contributed by atoms with Gasteiger partial charge in [0.1, 0.15) is 17.2 Å². The minimum Gasteiger partial charge on any atom is -0.755 e. The number of ether oxygens (including phenoxy) is 3. The molecule has 0 bridgehead atoms. The number of benzene rings is 4. The van der Waals surface area contributed by atoms with Crippen LogP contribution in [0.4, 0.5) is 28.7 Å². The Bertz CT molecular complexity index is 1710. The molecule has 5 aromatic rings. The minimum absolute atomic E-state index is 0.0136. The molecule has 42 heavy (non-hydrogen) atoms. The van der Waals surface area contributed by atoms with Gasteiger partial charge in [0.2, 0.25) is 0 Å². The largest absolute Gasteiger partial charge is 0.755 e. The normalized spacial score (nSPS) is 11.4. The van der Waals surface area contributed by atoms with Crippen LogP contribution in [0.25, 0.3) is 11.0 Å². The number of hydrogen-bond acceptors (Lipinski definition) is 9. The van der Waals surface area contributed by atoms with Crippen LogP contribution in [0.3, 0.4) is 0 Å². The molecule has 0 aliphatic rings. The third-order valence-electron chi connectivity index (χ3n) is 5.99. The summed E-state index contributed by atoms with van der Waals surface area (Å²) in [6.07, 6.45) is 0. The summed E-state index contributed by atoms with van der Waals surface area (Å²) >= 11 is -2.82. The molecular formula is C30H26N5O6S-. The van der Waals surface area contributed by atoms with Gasteiger partial charge in [0.15, 0.2) is 18.2 Å². The maximum atomic E-state index is 12.7. The predicted octanol–water partition coefficient (Wildman–Crippen LogP) is 5.34. The lowest BCUT2D eigenvalue weighted by Crippen LogP contribution is -2.23. The van der Waals surface area contributed by atoms with Gasteiger partial charge >= 0.3 is 0 Å². The summed E-state index contributed by atoms with van der Waals surface area (Å²) in [7, 11) is 3.06. The zero-order valence-corrected chi connectivity index (χ0v) is 23.5. The minimum atomic E-state index is -2.82. The molecule has 4 aromatic carbocycles. The summed E-state index contributed by atoms with van der Waals surface area (Å²) in [5.41, 5.74) is 2.16. The first-order chi connectivity index (χ1) is 20.4. The summed E-state index contributed by atoms with van der Waals surface area (Å²) in [5, 5.41) is 5.90. The summed E-state index contributed by atoms with van der Waals surface area (Å²) in [6.45, 7) is -0.223. The standard InChI is InChI=1S/C30H27N5O6S/c1-39-24-16-21(17-25(18-24)40-2)32-29-30(34-27-14-7-6-13-26(27)33-29)35(42(37)38)22-10-8-9-20(15-22)31-28(36)19-41-23-11-4-3-5-12-23/h3-18H,19H2,1-2H3,(H,31,36)(H,32,33)(H,37,38)/p-1. The van der Waals surface area contributed by atoms with Gasteiger partial charge in [-0.1, -0.05) is 36.4 Å². The van der Waals surface area contributed by atoms with Crippen molar-refractivity contribution in [3.63, 3.8) is 0 Å². The molecule has 0 radical (unpaired) electrons. The van der Waals surface area contributed by atoms with Crippen LogP contribution in [0.1, 0.15) is 0 Å². The molecule has 1 amide bonds. The van der Waals surface area contributed by atoms with Crippen molar-refractivity contribution in [1.29, 1.82) is 0 Å². The van der Waals surface area contributed by atoms with Crippen LogP contribution in [0.5, 0.6) is 17.2 Å². The van der Waals surface area contributed by atoms with Crippen molar-refractivity contribution in [3.8, 4) is 17.2 Å². The van der Waals surface area contributed by atoms with E-state index in [4.69, 9.17) is 14.2 Å². The molecule has 0 aliphatic heterocycles. The molecule has 0 spiro atoms. The summed E-state index contributed by atoms with van der Waals surface area (Å²) in [4.78, 5) is 21.9. The Morgan fingerprint density at radius 1 is 0.810 bits per heavy atom. The van der Waals surface area contributed by atoms with Crippen LogP contribution in [0, 0.1) is 0 Å². The highest BCUT2D eigenvalue weighted by Gasteiger charge is 2.21. The summed E-state index contributed by atoms with van der Waals surface area (Å²) < 4.78 is 42.7. The number of amides is 1. The van der Waals surface area contributed by atoms with Gasteiger partial charge in [-0.15, -0.1) is 0 Å². The van der Waals surface area contributed by atoms with Gasteiger partial charge in [-0.2, -0.15) is 0 Å². The van der Waals surface area contributed by atoms with E-state index in [1.165, 1.54) is 20.3 Å². The van der Waals surface area contributed by atoms with Gasteiger partial charge in [0, 0.05) is 29.6 Å². The van der Waals surface area contributed by atoms with Crippen molar-refractivity contribution in [1.82, 2.24) is 9.97 Å². The van der Waals surface area contributed by atoms with Crippen LogP contribution in [-0.4, -0.2) is 45.5 Å². The molecule has 1 atom stereocenters. The smallest absolute Gasteiger partial charge is 0.262 e. The lowest BCUT2D eigenvalue weighted by atomic mass is 10.2. The second kappa shape index (κ2) is 13.0. The Hall–Kier alpha value is -5.20. The fourth-order valence-corrected chi connectivity index (χ4v) is 4.64. The van der Waals surface area contributed by atoms with Crippen LogP contribution in [0.2, 0.25) is 0 Å². The Morgan fingerprint density at radius 2 is 1.48 bits per heavy atom. The lowest BCUT2D eigenvalue weighted by molar-refractivity contribution is -0.118. The number of nitrogens with zero attached hydrogens (tertiary/aromatic N) is 3. The van der Waals surface area contributed by atoms with Crippen molar-refractivity contribution < 1.29 is 27.8 Å². The highest BCUT2D eigenvalue weighted by molar-refractivity contribution is 7.81. The predicted molar refractivity (Wildman–Crippen MR) is 160 cm³/mol. The van der Waals surface area contributed by atoms with Crippen molar-refractivity contribution >= 4 is 56.9 Å². The summed E-state index contributed by atoms with van der Waals surface area (Å²) in [6, 6.07) is 27.6. The maximum Gasteiger partial charge on any atom is 0.262 e. The molecule has 214 valence electrons. The van der Waals surface area contributed by atoms with Crippen LogP contribution in [-0.2, 0) is 16.1 Å².